The number of hydrogen-bond donors (Lipinski definition) is 1. The Labute approximate surface area is 161 Å². The first-order valence-electron chi connectivity index (χ1n) is 8.27. The van der Waals surface area contributed by atoms with Gasteiger partial charge >= 0.3 is 0 Å². The van der Waals surface area contributed by atoms with Gasteiger partial charge in [0.25, 0.3) is 11.8 Å². The molecule has 0 aliphatic rings. The van der Waals surface area contributed by atoms with E-state index in [1.807, 2.05) is 23.6 Å². The predicted molar refractivity (Wildman–Crippen MR) is 106 cm³/mol. The molecule has 2 amide bonds. The van der Waals surface area contributed by atoms with Gasteiger partial charge in [-0.2, -0.15) is 5.26 Å². The molecular weight excluding hydrogens is 358 g/mol. The van der Waals surface area contributed by atoms with Gasteiger partial charge in [-0.25, -0.2) is 0 Å². The molecule has 0 saturated heterocycles. The summed E-state index contributed by atoms with van der Waals surface area (Å²) >= 11 is 1.35. The first-order chi connectivity index (χ1) is 13.1. The van der Waals surface area contributed by atoms with E-state index in [9.17, 15) is 9.59 Å². The molecule has 0 unspecified atom stereocenters. The van der Waals surface area contributed by atoms with Crippen molar-refractivity contribution >= 4 is 28.8 Å². The largest absolute Gasteiger partial charge is 0.337 e. The van der Waals surface area contributed by atoms with Crippen LogP contribution in [0.25, 0.3) is 0 Å². The minimum Gasteiger partial charge on any atom is -0.337 e. The van der Waals surface area contributed by atoms with Crippen LogP contribution >= 0.6 is 11.3 Å². The normalized spacial score (nSPS) is 10.1. The Bertz CT molecular complexity index is 989. The van der Waals surface area contributed by atoms with Crippen LogP contribution < -0.4 is 5.32 Å². The Balaban J connectivity index is 1.75. The molecule has 0 aliphatic carbocycles. The number of benzene rings is 2. The summed E-state index contributed by atoms with van der Waals surface area (Å²) in [5.41, 5.74) is 2.41. The smallest absolute Gasteiger partial charge is 0.265 e. The molecule has 0 bridgehead atoms. The number of rotatable bonds is 5. The molecule has 1 aromatic heterocycles. The first kappa shape index (κ1) is 18.4. The summed E-state index contributed by atoms with van der Waals surface area (Å²) in [4.78, 5) is 27.4. The topological polar surface area (TPSA) is 73.2 Å². The van der Waals surface area contributed by atoms with E-state index < -0.39 is 0 Å². The fourth-order valence-electron chi connectivity index (χ4n) is 2.61. The van der Waals surface area contributed by atoms with Gasteiger partial charge in [0.05, 0.1) is 27.8 Å². The average Bonchev–Trinajstić information content (AvgIpc) is 3.23. The molecular formula is C21H17N3O2S. The Morgan fingerprint density at radius 3 is 2.48 bits per heavy atom. The number of thiophene rings is 1. The number of carbonyl (C=O) groups excluding carboxylic acids is 2. The Kier molecular flexibility index (Phi) is 5.64. The van der Waals surface area contributed by atoms with E-state index in [-0.39, 0.29) is 11.8 Å². The van der Waals surface area contributed by atoms with Crippen LogP contribution in [0.5, 0.6) is 0 Å². The number of para-hydroxylation sites is 1. The maximum Gasteiger partial charge on any atom is 0.265 e. The van der Waals surface area contributed by atoms with Crippen molar-refractivity contribution in [3.63, 3.8) is 0 Å². The van der Waals surface area contributed by atoms with E-state index in [1.54, 1.807) is 54.4 Å². The third kappa shape index (κ3) is 4.40. The molecule has 0 aliphatic heterocycles. The van der Waals surface area contributed by atoms with E-state index in [1.165, 1.54) is 11.3 Å². The summed E-state index contributed by atoms with van der Waals surface area (Å²) in [6.07, 6.45) is 0. The molecule has 0 saturated carbocycles. The summed E-state index contributed by atoms with van der Waals surface area (Å²) in [5, 5.41) is 13.5. The molecule has 0 radical (unpaired) electrons. The van der Waals surface area contributed by atoms with Crippen molar-refractivity contribution in [2.45, 2.75) is 6.54 Å². The zero-order chi connectivity index (χ0) is 19.2. The molecule has 1 N–H and O–H groups in total. The van der Waals surface area contributed by atoms with Gasteiger partial charge in [-0.3, -0.25) is 9.59 Å². The van der Waals surface area contributed by atoms with Crippen LogP contribution in [0.4, 0.5) is 5.69 Å². The highest BCUT2D eigenvalue weighted by Crippen LogP contribution is 2.20. The number of nitrogens with one attached hydrogen (secondary N) is 1. The average molecular weight is 375 g/mol. The maximum absolute atomic E-state index is 12.9. The quantitative estimate of drug-likeness (QED) is 0.728. The molecule has 0 fully saturated rings. The van der Waals surface area contributed by atoms with Crippen LogP contribution in [-0.4, -0.2) is 23.8 Å². The predicted octanol–water partition coefficient (Wildman–Crippen LogP) is 4.14. The fraction of sp³-hybridized carbons (Fsp3) is 0.0952. The Hall–Kier alpha value is -3.43. The van der Waals surface area contributed by atoms with Crippen LogP contribution in [0, 0.1) is 11.3 Å². The van der Waals surface area contributed by atoms with Gasteiger partial charge in [-0.1, -0.05) is 30.3 Å². The first-order valence-corrected chi connectivity index (χ1v) is 9.15. The van der Waals surface area contributed by atoms with Crippen LogP contribution in [0.2, 0.25) is 0 Å². The highest BCUT2D eigenvalue weighted by Gasteiger charge is 2.18. The van der Waals surface area contributed by atoms with Crippen LogP contribution in [0.1, 0.15) is 31.2 Å². The van der Waals surface area contributed by atoms with Crippen LogP contribution in [0.15, 0.2) is 66.0 Å². The summed E-state index contributed by atoms with van der Waals surface area (Å²) in [6.45, 7) is 0.401. The Morgan fingerprint density at radius 2 is 1.81 bits per heavy atom. The van der Waals surface area contributed by atoms with Crippen molar-refractivity contribution in [2.75, 3.05) is 12.4 Å². The van der Waals surface area contributed by atoms with Crippen LogP contribution in [-0.2, 0) is 6.54 Å². The van der Waals surface area contributed by atoms with Gasteiger partial charge in [-0.05, 0) is 41.3 Å². The minimum absolute atomic E-state index is 0.193. The van der Waals surface area contributed by atoms with Crippen molar-refractivity contribution < 1.29 is 9.59 Å². The van der Waals surface area contributed by atoms with Crippen molar-refractivity contribution in [3.05, 3.63) is 87.6 Å². The SMILES string of the molecule is CN(Cc1ccc(C#N)cc1)C(=O)c1ccccc1NC(=O)c1cccs1. The standard InChI is InChI=1S/C21H17N3O2S/c1-24(14-16-10-8-15(13-22)9-11-16)21(26)17-5-2-3-6-18(17)23-20(25)19-7-4-12-27-19/h2-12H,14H2,1H3,(H,23,25). The summed E-state index contributed by atoms with van der Waals surface area (Å²) < 4.78 is 0. The monoisotopic (exact) mass is 375 g/mol. The third-order valence-electron chi connectivity index (χ3n) is 4.00. The molecule has 0 spiro atoms. The molecule has 3 rings (SSSR count). The molecule has 0 atom stereocenters. The lowest BCUT2D eigenvalue weighted by molar-refractivity contribution is 0.0786. The lowest BCUT2D eigenvalue weighted by atomic mass is 10.1. The van der Waals surface area contributed by atoms with Gasteiger partial charge in [0.2, 0.25) is 0 Å². The van der Waals surface area contributed by atoms with Gasteiger partial charge in [0.15, 0.2) is 0 Å². The molecule has 134 valence electrons. The van der Waals surface area contributed by atoms with Crippen molar-refractivity contribution in [3.8, 4) is 6.07 Å². The van der Waals surface area contributed by atoms with Gasteiger partial charge in [0.1, 0.15) is 0 Å². The summed E-state index contributed by atoms with van der Waals surface area (Å²) in [6, 6.07) is 19.7. The van der Waals surface area contributed by atoms with Crippen molar-refractivity contribution in [1.29, 1.82) is 5.26 Å². The minimum atomic E-state index is -0.236. The molecule has 2 aromatic carbocycles. The summed E-state index contributed by atoms with van der Waals surface area (Å²) in [7, 11) is 1.71. The number of nitrogens with zero attached hydrogens (tertiary/aromatic N) is 2. The van der Waals surface area contributed by atoms with Gasteiger partial charge in [0, 0.05) is 13.6 Å². The third-order valence-corrected chi connectivity index (χ3v) is 4.87. The van der Waals surface area contributed by atoms with Crippen molar-refractivity contribution in [2.24, 2.45) is 0 Å². The van der Waals surface area contributed by atoms with Crippen molar-refractivity contribution in [1.82, 2.24) is 4.90 Å². The highest BCUT2D eigenvalue weighted by molar-refractivity contribution is 7.12. The highest BCUT2D eigenvalue weighted by atomic mass is 32.1. The number of hydrogen-bond acceptors (Lipinski definition) is 4. The van der Waals surface area contributed by atoms with E-state index in [4.69, 9.17) is 5.26 Å². The molecule has 27 heavy (non-hydrogen) atoms. The van der Waals surface area contributed by atoms with Crippen LogP contribution in [0.3, 0.4) is 0 Å². The van der Waals surface area contributed by atoms with Gasteiger partial charge in [-0.15, -0.1) is 11.3 Å². The van der Waals surface area contributed by atoms with E-state index in [2.05, 4.69) is 11.4 Å². The molecule has 3 aromatic rings. The zero-order valence-corrected chi connectivity index (χ0v) is 15.5. The fourth-order valence-corrected chi connectivity index (χ4v) is 3.23. The second-order valence-corrected chi connectivity index (χ2v) is 6.89. The lowest BCUT2D eigenvalue weighted by Gasteiger charge is -2.19. The number of amides is 2. The van der Waals surface area contributed by atoms with E-state index in [0.29, 0.717) is 28.2 Å². The summed E-state index contributed by atoms with van der Waals surface area (Å²) in [5.74, 6) is -0.429. The molecule has 1 heterocycles. The second kappa shape index (κ2) is 8.30. The lowest BCUT2D eigenvalue weighted by Crippen LogP contribution is -2.27. The second-order valence-electron chi connectivity index (χ2n) is 5.95. The number of anilines is 1. The number of carbonyl (C=O) groups is 2. The number of nitriles is 1. The Morgan fingerprint density at radius 1 is 1.07 bits per heavy atom. The van der Waals surface area contributed by atoms with Gasteiger partial charge < -0.3 is 10.2 Å². The molecule has 5 nitrogen and oxygen atoms in total. The zero-order valence-electron chi connectivity index (χ0n) is 14.7. The van der Waals surface area contributed by atoms with E-state index in [0.717, 1.165) is 5.56 Å². The molecule has 6 heteroatoms. The maximum atomic E-state index is 12.9. The van der Waals surface area contributed by atoms with E-state index >= 15 is 0 Å².